The number of carbonyl (C=O) groups is 1. The lowest BCUT2D eigenvalue weighted by Crippen LogP contribution is -2.21. The van der Waals surface area contributed by atoms with Gasteiger partial charge < -0.3 is 10.0 Å². The molecule has 0 saturated carbocycles. The predicted molar refractivity (Wildman–Crippen MR) is 79.5 cm³/mol. The van der Waals surface area contributed by atoms with Crippen molar-refractivity contribution in [3.05, 3.63) is 58.9 Å². The Morgan fingerprint density at radius 3 is 2.65 bits per heavy atom. The van der Waals surface area contributed by atoms with Gasteiger partial charge in [-0.2, -0.15) is 0 Å². The summed E-state index contributed by atoms with van der Waals surface area (Å²) in [6.45, 7) is 2.05. The van der Waals surface area contributed by atoms with Gasteiger partial charge in [0.1, 0.15) is 5.69 Å². The second-order valence-electron chi connectivity index (χ2n) is 4.55. The Kier molecular flexibility index (Phi) is 4.25. The molecule has 2 rings (SSSR count). The first-order valence-electron chi connectivity index (χ1n) is 6.16. The van der Waals surface area contributed by atoms with Crippen LogP contribution in [0.25, 0.3) is 0 Å². The lowest BCUT2D eigenvalue weighted by molar-refractivity contribution is 0.0690. The zero-order valence-electron chi connectivity index (χ0n) is 11.2. The van der Waals surface area contributed by atoms with Crippen molar-refractivity contribution in [2.75, 3.05) is 11.9 Å². The van der Waals surface area contributed by atoms with E-state index in [0.29, 0.717) is 5.02 Å². The summed E-state index contributed by atoms with van der Waals surface area (Å²) in [6, 6.07) is 11.0. The van der Waals surface area contributed by atoms with Gasteiger partial charge in [-0.1, -0.05) is 23.7 Å². The van der Waals surface area contributed by atoms with Crippen molar-refractivity contribution in [3.63, 3.8) is 0 Å². The summed E-state index contributed by atoms with van der Waals surface area (Å²) in [4.78, 5) is 16.7. The third-order valence-corrected chi connectivity index (χ3v) is 3.52. The molecule has 1 atom stereocenters. The molecule has 5 heteroatoms. The van der Waals surface area contributed by atoms with Crippen LogP contribution in [0.5, 0.6) is 0 Å². The van der Waals surface area contributed by atoms with E-state index in [1.54, 1.807) is 12.3 Å². The van der Waals surface area contributed by atoms with E-state index in [1.807, 2.05) is 36.2 Å². The number of halogens is 1. The highest BCUT2D eigenvalue weighted by Gasteiger charge is 2.13. The fraction of sp³-hybridized carbons (Fsp3) is 0.200. The molecule has 2 aromatic rings. The zero-order valence-corrected chi connectivity index (χ0v) is 12.0. The van der Waals surface area contributed by atoms with E-state index in [-0.39, 0.29) is 11.7 Å². The molecule has 1 aromatic carbocycles. The molecule has 1 aromatic heterocycles. The Hall–Kier alpha value is -2.07. The summed E-state index contributed by atoms with van der Waals surface area (Å²) in [5, 5.41) is 9.54. The molecule has 0 aliphatic rings. The topological polar surface area (TPSA) is 53.4 Å². The van der Waals surface area contributed by atoms with Gasteiger partial charge in [-0.3, -0.25) is 0 Å². The van der Waals surface area contributed by atoms with Crippen molar-refractivity contribution in [2.45, 2.75) is 13.0 Å². The van der Waals surface area contributed by atoms with Crippen molar-refractivity contribution >= 4 is 23.3 Å². The summed E-state index contributed by atoms with van der Waals surface area (Å²) in [5.74, 6) is -1.03. The summed E-state index contributed by atoms with van der Waals surface area (Å²) in [5.41, 5.74) is 1.97. The molecule has 1 heterocycles. The molecule has 0 aliphatic heterocycles. The number of carboxylic acid groups (broad SMARTS) is 1. The second-order valence-corrected chi connectivity index (χ2v) is 4.99. The molecule has 0 amide bonds. The average molecular weight is 291 g/mol. The lowest BCUT2D eigenvalue weighted by atomic mass is 10.1. The summed E-state index contributed by atoms with van der Waals surface area (Å²) < 4.78 is 0. The van der Waals surface area contributed by atoms with E-state index in [4.69, 9.17) is 16.7 Å². The van der Waals surface area contributed by atoms with E-state index in [9.17, 15) is 4.79 Å². The first-order chi connectivity index (χ1) is 9.49. The maximum atomic E-state index is 10.8. The lowest BCUT2D eigenvalue weighted by Gasteiger charge is -2.27. The van der Waals surface area contributed by atoms with Gasteiger partial charge in [0.15, 0.2) is 0 Å². The molecule has 0 bridgehead atoms. The number of carboxylic acids is 1. The second kappa shape index (κ2) is 5.92. The van der Waals surface area contributed by atoms with Crippen molar-refractivity contribution < 1.29 is 9.90 Å². The highest BCUT2D eigenvalue weighted by molar-refractivity contribution is 6.30. The van der Waals surface area contributed by atoms with Crippen LogP contribution in [0, 0.1) is 0 Å². The third-order valence-electron chi connectivity index (χ3n) is 3.29. The molecule has 20 heavy (non-hydrogen) atoms. The number of pyridine rings is 1. The van der Waals surface area contributed by atoms with Crippen LogP contribution < -0.4 is 4.90 Å². The van der Waals surface area contributed by atoms with Crippen LogP contribution in [0.15, 0.2) is 42.6 Å². The Labute approximate surface area is 122 Å². The van der Waals surface area contributed by atoms with E-state index < -0.39 is 5.97 Å². The van der Waals surface area contributed by atoms with Crippen LogP contribution in [0.2, 0.25) is 5.02 Å². The fourth-order valence-corrected chi connectivity index (χ4v) is 2.13. The van der Waals surface area contributed by atoms with Crippen LogP contribution in [0.4, 0.5) is 5.69 Å². The number of rotatable bonds is 4. The van der Waals surface area contributed by atoms with E-state index >= 15 is 0 Å². The van der Waals surface area contributed by atoms with Crippen molar-refractivity contribution in [2.24, 2.45) is 0 Å². The minimum absolute atomic E-state index is 0.0394. The Bertz CT molecular complexity index is 614. The number of anilines is 1. The number of hydrogen-bond acceptors (Lipinski definition) is 3. The number of benzene rings is 1. The smallest absolute Gasteiger partial charge is 0.354 e. The average Bonchev–Trinajstić information content (AvgIpc) is 2.46. The van der Waals surface area contributed by atoms with Gasteiger partial charge in [0.25, 0.3) is 0 Å². The molecule has 4 nitrogen and oxygen atoms in total. The van der Waals surface area contributed by atoms with Crippen molar-refractivity contribution in [1.82, 2.24) is 4.98 Å². The molecule has 0 radical (unpaired) electrons. The largest absolute Gasteiger partial charge is 0.477 e. The van der Waals surface area contributed by atoms with Gasteiger partial charge in [-0.15, -0.1) is 0 Å². The first-order valence-corrected chi connectivity index (χ1v) is 6.54. The molecular formula is C15H15ClN2O2. The molecular weight excluding hydrogens is 276 g/mol. The number of aromatic carboxylic acids is 1. The van der Waals surface area contributed by atoms with Crippen LogP contribution in [0.1, 0.15) is 29.0 Å². The minimum atomic E-state index is -1.03. The number of hydrogen-bond donors (Lipinski definition) is 1. The zero-order chi connectivity index (χ0) is 14.7. The standard InChI is InChI=1S/C15H15ClN2O2/c1-10(11-4-3-5-12(16)8-11)18(2)13-6-7-14(15(19)20)17-9-13/h3-10H,1-2H3,(H,19,20). The minimum Gasteiger partial charge on any atom is -0.477 e. The predicted octanol–water partition coefficient (Wildman–Crippen LogP) is 3.63. The SMILES string of the molecule is CC(c1cccc(Cl)c1)N(C)c1ccc(C(=O)O)nc1. The van der Waals surface area contributed by atoms with Gasteiger partial charge in [-0.05, 0) is 36.8 Å². The van der Waals surface area contributed by atoms with Crippen LogP contribution in [0.3, 0.4) is 0 Å². The number of nitrogens with zero attached hydrogens (tertiary/aromatic N) is 2. The highest BCUT2D eigenvalue weighted by atomic mass is 35.5. The quantitative estimate of drug-likeness (QED) is 0.934. The van der Waals surface area contributed by atoms with Gasteiger partial charge in [0, 0.05) is 12.1 Å². The molecule has 1 N–H and O–H groups in total. The van der Waals surface area contributed by atoms with Crippen LogP contribution in [-0.2, 0) is 0 Å². The Balaban J connectivity index is 2.22. The normalized spacial score (nSPS) is 11.9. The van der Waals surface area contributed by atoms with Crippen LogP contribution in [-0.4, -0.2) is 23.1 Å². The van der Waals surface area contributed by atoms with Gasteiger partial charge in [0.05, 0.1) is 17.9 Å². The maximum Gasteiger partial charge on any atom is 0.354 e. The van der Waals surface area contributed by atoms with Crippen LogP contribution >= 0.6 is 11.6 Å². The summed E-state index contributed by atoms with van der Waals surface area (Å²) >= 11 is 6.00. The molecule has 0 fully saturated rings. The highest BCUT2D eigenvalue weighted by Crippen LogP contribution is 2.26. The van der Waals surface area contributed by atoms with Crippen molar-refractivity contribution in [3.8, 4) is 0 Å². The van der Waals surface area contributed by atoms with E-state index in [1.165, 1.54) is 6.07 Å². The molecule has 0 spiro atoms. The first kappa shape index (κ1) is 14.3. The molecule has 1 unspecified atom stereocenters. The molecule has 0 saturated heterocycles. The van der Waals surface area contributed by atoms with E-state index in [2.05, 4.69) is 11.9 Å². The molecule has 0 aliphatic carbocycles. The summed E-state index contributed by atoms with van der Waals surface area (Å²) in [7, 11) is 1.93. The number of aromatic nitrogens is 1. The Morgan fingerprint density at radius 2 is 2.10 bits per heavy atom. The summed E-state index contributed by atoms with van der Waals surface area (Å²) in [6.07, 6.45) is 1.56. The Morgan fingerprint density at radius 1 is 1.35 bits per heavy atom. The maximum absolute atomic E-state index is 10.8. The van der Waals surface area contributed by atoms with E-state index in [0.717, 1.165) is 11.3 Å². The monoisotopic (exact) mass is 290 g/mol. The molecule has 104 valence electrons. The van der Waals surface area contributed by atoms with Gasteiger partial charge in [-0.25, -0.2) is 9.78 Å². The van der Waals surface area contributed by atoms with Gasteiger partial charge >= 0.3 is 5.97 Å². The van der Waals surface area contributed by atoms with Crippen molar-refractivity contribution in [1.29, 1.82) is 0 Å². The van der Waals surface area contributed by atoms with Gasteiger partial charge in [0.2, 0.25) is 0 Å². The third kappa shape index (κ3) is 3.08. The fourth-order valence-electron chi connectivity index (χ4n) is 1.93.